The highest BCUT2D eigenvalue weighted by Crippen LogP contribution is 2.15. The molecule has 0 saturated heterocycles. The van der Waals surface area contributed by atoms with Crippen molar-refractivity contribution in [1.29, 1.82) is 0 Å². The first-order valence-corrected chi connectivity index (χ1v) is 7.90. The minimum Gasteiger partial charge on any atom is -0.466 e. The second kappa shape index (κ2) is 7.85. The van der Waals surface area contributed by atoms with E-state index in [2.05, 4.69) is 16.2 Å². The summed E-state index contributed by atoms with van der Waals surface area (Å²) in [5.74, 6) is -0.529. The van der Waals surface area contributed by atoms with Crippen molar-refractivity contribution in [3.8, 4) is 0 Å². The van der Waals surface area contributed by atoms with Crippen LogP contribution in [-0.2, 0) is 4.79 Å². The van der Waals surface area contributed by atoms with Gasteiger partial charge in [-0.05, 0) is 39.0 Å². The summed E-state index contributed by atoms with van der Waals surface area (Å²) < 4.78 is 5.26. The number of amides is 3. The molecular weight excluding hydrogens is 346 g/mol. The van der Waals surface area contributed by atoms with Crippen LogP contribution in [0.1, 0.15) is 39.2 Å². The number of aryl methyl sites for hydroxylation is 2. The van der Waals surface area contributed by atoms with Gasteiger partial charge in [0, 0.05) is 0 Å². The zero-order valence-corrected chi connectivity index (χ0v) is 14.7. The van der Waals surface area contributed by atoms with Crippen LogP contribution in [0.3, 0.4) is 0 Å². The minimum atomic E-state index is -0.878. The summed E-state index contributed by atoms with van der Waals surface area (Å²) in [6.07, 6.45) is 0. The molecule has 0 aliphatic heterocycles. The highest BCUT2D eigenvalue weighted by Gasteiger charge is 2.19. The number of hydrogen-bond acceptors (Lipinski definition) is 4. The van der Waals surface area contributed by atoms with Gasteiger partial charge in [0.15, 0.2) is 0 Å². The molecule has 2 aromatic rings. The van der Waals surface area contributed by atoms with Crippen LogP contribution in [0.2, 0.25) is 5.02 Å². The number of hydrazine groups is 1. The Morgan fingerprint density at radius 2 is 1.72 bits per heavy atom. The minimum absolute atomic E-state index is 0.261. The second-order valence-corrected chi connectivity index (χ2v) is 5.85. The lowest BCUT2D eigenvalue weighted by atomic mass is 10.2. The van der Waals surface area contributed by atoms with Crippen molar-refractivity contribution in [2.45, 2.75) is 26.8 Å². The van der Waals surface area contributed by atoms with Gasteiger partial charge in [-0.15, -0.1) is 0 Å². The van der Waals surface area contributed by atoms with E-state index < -0.39 is 23.8 Å². The van der Waals surface area contributed by atoms with Crippen molar-refractivity contribution >= 4 is 29.3 Å². The molecule has 0 bridgehead atoms. The Labute approximate surface area is 149 Å². The highest BCUT2D eigenvalue weighted by molar-refractivity contribution is 6.33. The molecule has 0 aliphatic carbocycles. The Morgan fingerprint density at radius 1 is 1.04 bits per heavy atom. The molecule has 1 atom stereocenters. The molecule has 8 heteroatoms. The fourth-order valence-corrected chi connectivity index (χ4v) is 2.36. The number of benzene rings is 1. The van der Waals surface area contributed by atoms with Gasteiger partial charge in [-0.3, -0.25) is 25.2 Å². The molecule has 7 nitrogen and oxygen atoms in total. The zero-order valence-electron chi connectivity index (χ0n) is 14.0. The van der Waals surface area contributed by atoms with Crippen LogP contribution in [0.25, 0.3) is 0 Å². The number of furan rings is 1. The SMILES string of the molecule is Cc1cc(C(=O)NNC(=O)[C@@H](C)NC(=O)c2ccccc2Cl)c(C)o1. The van der Waals surface area contributed by atoms with Crippen molar-refractivity contribution in [3.63, 3.8) is 0 Å². The molecule has 0 unspecified atom stereocenters. The summed E-state index contributed by atoms with van der Waals surface area (Å²) in [6, 6.07) is 7.19. The average Bonchev–Trinajstić information content (AvgIpc) is 2.91. The fourth-order valence-electron chi connectivity index (χ4n) is 2.14. The third-order valence-corrected chi connectivity index (χ3v) is 3.77. The van der Waals surface area contributed by atoms with Crippen LogP contribution < -0.4 is 16.2 Å². The largest absolute Gasteiger partial charge is 0.466 e. The number of carbonyl (C=O) groups excluding carboxylic acids is 3. The molecule has 1 aromatic carbocycles. The number of hydrogen-bond donors (Lipinski definition) is 3. The van der Waals surface area contributed by atoms with Crippen LogP contribution in [0.15, 0.2) is 34.7 Å². The molecule has 3 amide bonds. The Bertz CT molecular complexity index is 816. The van der Waals surface area contributed by atoms with Crippen LogP contribution in [-0.4, -0.2) is 23.8 Å². The lowest BCUT2D eigenvalue weighted by molar-refractivity contribution is -0.123. The molecular formula is C17H18ClN3O4. The normalized spacial score (nSPS) is 11.5. The maximum atomic E-state index is 12.1. The van der Waals surface area contributed by atoms with Crippen LogP contribution in [0, 0.1) is 13.8 Å². The van der Waals surface area contributed by atoms with Gasteiger partial charge in [-0.1, -0.05) is 23.7 Å². The van der Waals surface area contributed by atoms with E-state index in [1.54, 1.807) is 44.2 Å². The molecule has 0 spiro atoms. The molecule has 1 aromatic heterocycles. The summed E-state index contributed by atoms with van der Waals surface area (Å²) >= 11 is 5.94. The fraction of sp³-hybridized carbons (Fsp3) is 0.235. The van der Waals surface area contributed by atoms with Gasteiger partial charge in [0.05, 0.1) is 16.1 Å². The summed E-state index contributed by atoms with van der Waals surface area (Å²) in [5, 5.41) is 2.79. The molecule has 2 rings (SSSR count). The average molecular weight is 364 g/mol. The summed E-state index contributed by atoms with van der Waals surface area (Å²) in [4.78, 5) is 36.1. The predicted molar refractivity (Wildman–Crippen MR) is 92.2 cm³/mol. The molecule has 25 heavy (non-hydrogen) atoms. The molecule has 0 saturated carbocycles. The van der Waals surface area contributed by atoms with Crippen LogP contribution >= 0.6 is 11.6 Å². The Morgan fingerprint density at radius 3 is 2.32 bits per heavy atom. The standard InChI is InChI=1S/C17H18ClN3O4/c1-9-8-13(11(3)25-9)17(24)21-20-15(22)10(2)19-16(23)12-6-4-5-7-14(12)18/h4-8,10H,1-3H3,(H,19,23)(H,20,22)(H,21,24)/t10-/m1/s1. The van der Waals surface area contributed by atoms with Crippen molar-refractivity contribution in [2.75, 3.05) is 0 Å². The maximum absolute atomic E-state index is 12.1. The van der Waals surface area contributed by atoms with E-state index in [-0.39, 0.29) is 10.6 Å². The number of rotatable bonds is 4. The van der Waals surface area contributed by atoms with Gasteiger partial charge in [-0.2, -0.15) is 0 Å². The first kappa shape index (κ1) is 18.5. The Hall–Kier alpha value is -2.80. The number of carbonyl (C=O) groups is 3. The Balaban J connectivity index is 1.90. The Kier molecular flexibility index (Phi) is 5.82. The quantitative estimate of drug-likeness (QED) is 0.724. The zero-order chi connectivity index (χ0) is 18.6. The summed E-state index contributed by atoms with van der Waals surface area (Å²) in [5.41, 5.74) is 5.13. The van der Waals surface area contributed by atoms with E-state index in [0.29, 0.717) is 17.1 Å². The van der Waals surface area contributed by atoms with E-state index in [4.69, 9.17) is 16.0 Å². The monoisotopic (exact) mass is 363 g/mol. The first-order chi connectivity index (χ1) is 11.8. The van der Waals surface area contributed by atoms with E-state index in [9.17, 15) is 14.4 Å². The van der Waals surface area contributed by atoms with Crippen LogP contribution in [0.4, 0.5) is 0 Å². The lowest BCUT2D eigenvalue weighted by Gasteiger charge is -2.15. The van der Waals surface area contributed by atoms with Gasteiger partial charge < -0.3 is 9.73 Å². The number of halogens is 1. The second-order valence-electron chi connectivity index (χ2n) is 5.45. The summed E-state index contributed by atoms with van der Waals surface area (Å²) in [7, 11) is 0. The van der Waals surface area contributed by atoms with Gasteiger partial charge in [0.1, 0.15) is 17.6 Å². The van der Waals surface area contributed by atoms with E-state index >= 15 is 0 Å². The lowest BCUT2D eigenvalue weighted by Crippen LogP contribution is -2.51. The summed E-state index contributed by atoms with van der Waals surface area (Å²) in [6.45, 7) is 4.86. The van der Waals surface area contributed by atoms with Crippen molar-refractivity contribution in [2.24, 2.45) is 0 Å². The van der Waals surface area contributed by atoms with E-state index in [1.807, 2.05) is 0 Å². The molecule has 0 radical (unpaired) electrons. The maximum Gasteiger partial charge on any atom is 0.273 e. The first-order valence-electron chi connectivity index (χ1n) is 7.52. The molecule has 0 aliphatic rings. The predicted octanol–water partition coefficient (Wildman–Crippen LogP) is 2.13. The molecule has 3 N–H and O–H groups in total. The van der Waals surface area contributed by atoms with Crippen molar-refractivity contribution < 1.29 is 18.8 Å². The third kappa shape index (κ3) is 4.60. The van der Waals surface area contributed by atoms with Crippen LogP contribution in [0.5, 0.6) is 0 Å². The highest BCUT2D eigenvalue weighted by atomic mass is 35.5. The van der Waals surface area contributed by atoms with Crippen molar-refractivity contribution in [3.05, 3.63) is 58.0 Å². The van der Waals surface area contributed by atoms with E-state index in [1.165, 1.54) is 6.92 Å². The van der Waals surface area contributed by atoms with Gasteiger partial charge in [0.25, 0.3) is 17.7 Å². The van der Waals surface area contributed by atoms with Gasteiger partial charge >= 0.3 is 0 Å². The molecule has 132 valence electrons. The molecule has 0 fully saturated rings. The third-order valence-electron chi connectivity index (χ3n) is 3.44. The van der Waals surface area contributed by atoms with Gasteiger partial charge in [-0.25, -0.2) is 0 Å². The smallest absolute Gasteiger partial charge is 0.273 e. The van der Waals surface area contributed by atoms with Crippen molar-refractivity contribution in [1.82, 2.24) is 16.2 Å². The number of nitrogens with one attached hydrogen (secondary N) is 3. The molecule has 1 heterocycles. The van der Waals surface area contributed by atoms with Gasteiger partial charge in [0.2, 0.25) is 0 Å². The van der Waals surface area contributed by atoms with E-state index in [0.717, 1.165) is 0 Å². The topological polar surface area (TPSA) is 100 Å².